The molecule has 1 heterocycles. The lowest BCUT2D eigenvalue weighted by atomic mass is 10.1. The number of aryl methyl sites for hydroxylation is 1. The molecule has 1 N–H and O–H groups in total. The Hall–Kier alpha value is -1.77. The molecule has 0 aliphatic carbocycles. The van der Waals surface area contributed by atoms with Crippen molar-refractivity contribution in [3.63, 3.8) is 0 Å². The fraction of sp³-hybridized carbons (Fsp3) is 0.400. The van der Waals surface area contributed by atoms with E-state index >= 15 is 0 Å². The molecule has 0 saturated carbocycles. The van der Waals surface area contributed by atoms with Crippen molar-refractivity contribution in [1.29, 1.82) is 0 Å². The molecule has 1 aromatic carbocycles. The number of rotatable bonds is 3. The molecule has 0 aliphatic heterocycles. The lowest BCUT2D eigenvalue weighted by Gasteiger charge is -2.05. The maximum Gasteiger partial charge on any atom is 0.270 e. The lowest BCUT2D eigenvalue weighted by Crippen LogP contribution is -2.20. The van der Waals surface area contributed by atoms with E-state index in [1.807, 2.05) is 19.1 Å². The smallest absolute Gasteiger partial charge is 0.270 e. The summed E-state index contributed by atoms with van der Waals surface area (Å²) < 4.78 is 1.71. The number of benzene rings is 1. The number of H-pyrrole nitrogens is 1. The monoisotopic (exact) mass is 244 g/mol. The van der Waals surface area contributed by atoms with Gasteiger partial charge in [-0.1, -0.05) is 37.6 Å². The summed E-state index contributed by atoms with van der Waals surface area (Å²) in [6.45, 7) is 8.88. The predicted molar refractivity (Wildman–Crippen MR) is 74.8 cm³/mol. The normalized spacial score (nSPS) is 11.2. The first-order chi connectivity index (χ1) is 8.49. The largest absolute Gasteiger partial charge is 0.295 e. The fourth-order valence-electron chi connectivity index (χ4n) is 2.15. The van der Waals surface area contributed by atoms with Crippen LogP contribution in [0, 0.1) is 19.8 Å². The molecule has 2 aromatic rings. The van der Waals surface area contributed by atoms with Crippen molar-refractivity contribution in [1.82, 2.24) is 9.78 Å². The highest BCUT2D eigenvalue weighted by Crippen LogP contribution is 2.20. The van der Waals surface area contributed by atoms with Crippen LogP contribution in [0.2, 0.25) is 0 Å². The second-order valence-electron chi connectivity index (χ2n) is 5.29. The number of hydrogen-bond donors (Lipinski definition) is 1. The van der Waals surface area contributed by atoms with Crippen LogP contribution < -0.4 is 5.56 Å². The average molecular weight is 244 g/mol. The molecule has 0 unspecified atom stereocenters. The Morgan fingerprint density at radius 2 is 2.00 bits per heavy atom. The summed E-state index contributed by atoms with van der Waals surface area (Å²) in [6.07, 6.45) is 0. The van der Waals surface area contributed by atoms with Gasteiger partial charge in [0.1, 0.15) is 0 Å². The Labute approximate surface area is 107 Å². The minimum Gasteiger partial charge on any atom is -0.295 e. The van der Waals surface area contributed by atoms with Gasteiger partial charge in [0, 0.05) is 17.7 Å². The van der Waals surface area contributed by atoms with Crippen LogP contribution in [0.25, 0.3) is 11.3 Å². The van der Waals surface area contributed by atoms with E-state index in [-0.39, 0.29) is 5.56 Å². The summed E-state index contributed by atoms with van der Waals surface area (Å²) >= 11 is 0. The van der Waals surface area contributed by atoms with Crippen LogP contribution in [0.3, 0.4) is 0 Å². The summed E-state index contributed by atoms with van der Waals surface area (Å²) in [5.74, 6) is 0.450. The molecular weight excluding hydrogens is 224 g/mol. The van der Waals surface area contributed by atoms with E-state index in [9.17, 15) is 4.79 Å². The van der Waals surface area contributed by atoms with Crippen molar-refractivity contribution < 1.29 is 0 Å². The number of hydrogen-bond acceptors (Lipinski definition) is 1. The van der Waals surface area contributed by atoms with Gasteiger partial charge in [-0.3, -0.25) is 14.6 Å². The number of nitrogens with zero attached hydrogens (tertiary/aromatic N) is 1. The van der Waals surface area contributed by atoms with Crippen molar-refractivity contribution in [3.8, 4) is 11.3 Å². The zero-order chi connectivity index (χ0) is 13.3. The molecule has 0 bridgehead atoms. The molecule has 3 heteroatoms. The third-order valence-corrected chi connectivity index (χ3v) is 3.04. The van der Waals surface area contributed by atoms with E-state index < -0.39 is 0 Å². The molecular formula is C15H20N2O. The van der Waals surface area contributed by atoms with Gasteiger partial charge >= 0.3 is 0 Å². The quantitative estimate of drug-likeness (QED) is 0.885. The van der Waals surface area contributed by atoms with Gasteiger partial charge in [-0.05, 0) is 25.8 Å². The van der Waals surface area contributed by atoms with E-state index in [1.54, 1.807) is 4.68 Å². The molecule has 0 radical (unpaired) electrons. The van der Waals surface area contributed by atoms with Crippen molar-refractivity contribution in [3.05, 3.63) is 45.7 Å². The second-order valence-corrected chi connectivity index (χ2v) is 5.29. The molecule has 0 aliphatic rings. The van der Waals surface area contributed by atoms with Gasteiger partial charge in [-0.25, -0.2) is 0 Å². The molecule has 1 aromatic heterocycles. The van der Waals surface area contributed by atoms with Crippen molar-refractivity contribution in [2.75, 3.05) is 0 Å². The summed E-state index contributed by atoms with van der Waals surface area (Å²) in [4.78, 5) is 12.1. The van der Waals surface area contributed by atoms with Crippen molar-refractivity contribution in [2.24, 2.45) is 5.92 Å². The van der Waals surface area contributed by atoms with Crippen molar-refractivity contribution in [2.45, 2.75) is 34.2 Å². The third kappa shape index (κ3) is 2.40. The van der Waals surface area contributed by atoms with E-state index in [0.717, 1.165) is 23.4 Å². The van der Waals surface area contributed by atoms with Crippen LogP contribution in [-0.2, 0) is 6.54 Å². The molecule has 0 amide bonds. The van der Waals surface area contributed by atoms with Crippen LogP contribution in [-0.4, -0.2) is 9.78 Å². The van der Waals surface area contributed by atoms with Gasteiger partial charge in [0.15, 0.2) is 0 Å². The van der Waals surface area contributed by atoms with Gasteiger partial charge < -0.3 is 0 Å². The fourth-order valence-corrected chi connectivity index (χ4v) is 2.15. The van der Waals surface area contributed by atoms with Gasteiger partial charge in [0.2, 0.25) is 0 Å². The van der Waals surface area contributed by atoms with Crippen molar-refractivity contribution >= 4 is 0 Å². The first-order valence-corrected chi connectivity index (χ1v) is 6.35. The summed E-state index contributed by atoms with van der Waals surface area (Å²) in [5.41, 5.74) is 4.09. The number of nitrogens with one attached hydrogen (secondary N) is 1. The van der Waals surface area contributed by atoms with E-state index in [1.165, 1.54) is 5.56 Å². The van der Waals surface area contributed by atoms with Crippen LogP contribution in [0.5, 0.6) is 0 Å². The summed E-state index contributed by atoms with van der Waals surface area (Å²) in [7, 11) is 0. The van der Waals surface area contributed by atoms with E-state index in [4.69, 9.17) is 0 Å². The molecule has 3 nitrogen and oxygen atoms in total. The standard InChI is InChI=1S/C15H20N2O/c1-10(2)9-17-15(18)12(4)14(16-17)13-7-5-6-11(3)8-13/h5-8,10,16H,9H2,1-4H3. The molecule has 0 atom stereocenters. The zero-order valence-electron chi connectivity index (χ0n) is 11.4. The molecule has 18 heavy (non-hydrogen) atoms. The topological polar surface area (TPSA) is 37.8 Å². The first kappa shape index (κ1) is 12.7. The Kier molecular flexibility index (Phi) is 3.41. The Balaban J connectivity index is 2.49. The molecule has 0 saturated heterocycles. The predicted octanol–water partition coefficient (Wildman–Crippen LogP) is 3.12. The summed E-state index contributed by atoms with van der Waals surface area (Å²) in [5, 5.41) is 3.23. The SMILES string of the molecule is Cc1cccc(-c2[nH]n(CC(C)C)c(=O)c2C)c1. The van der Waals surface area contributed by atoms with E-state index in [0.29, 0.717) is 5.92 Å². The lowest BCUT2D eigenvalue weighted by molar-refractivity contribution is 0.473. The van der Waals surface area contributed by atoms with Gasteiger partial charge in [0.25, 0.3) is 5.56 Å². The number of aromatic nitrogens is 2. The maximum atomic E-state index is 12.1. The first-order valence-electron chi connectivity index (χ1n) is 6.35. The highest BCUT2D eigenvalue weighted by Gasteiger charge is 2.12. The van der Waals surface area contributed by atoms with Crippen LogP contribution in [0.15, 0.2) is 29.1 Å². The Morgan fingerprint density at radius 1 is 1.28 bits per heavy atom. The zero-order valence-corrected chi connectivity index (χ0v) is 11.4. The molecule has 0 spiro atoms. The van der Waals surface area contributed by atoms with E-state index in [2.05, 4.69) is 38.0 Å². The highest BCUT2D eigenvalue weighted by molar-refractivity contribution is 5.63. The minimum absolute atomic E-state index is 0.0835. The second kappa shape index (κ2) is 4.84. The van der Waals surface area contributed by atoms with Gasteiger partial charge in [0.05, 0.1) is 5.69 Å². The number of aromatic amines is 1. The van der Waals surface area contributed by atoms with Crippen LogP contribution >= 0.6 is 0 Å². The van der Waals surface area contributed by atoms with Gasteiger partial charge in [-0.2, -0.15) is 0 Å². The molecule has 2 rings (SSSR count). The average Bonchev–Trinajstić information content (AvgIpc) is 2.57. The Morgan fingerprint density at radius 3 is 2.61 bits per heavy atom. The maximum absolute atomic E-state index is 12.1. The third-order valence-electron chi connectivity index (χ3n) is 3.04. The molecule has 96 valence electrons. The van der Waals surface area contributed by atoms with Crippen LogP contribution in [0.4, 0.5) is 0 Å². The summed E-state index contributed by atoms with van der Waals surface area (Å²) in [6, 6.07) is 8.20. The highest BCUT2D eigenvalue weighted by atomic mass is 16.1. The minimum atomic E-state index is 0.0835. The Bertz CT molecular complexity index is 605. The molecule has 0 fully saturated rings. The van der Waals surface area contributed by atoms with Gasteiger partial charge in [-0.15, -0.1) is 0 Å². The van der Waals surface area contributed by atoms with Crippen LogP contribution in [0.1, 0.15) is 25.0 Å².